The van der Waals surface area contributed by atoms with Gasteiger partial charge in [-0.2, -0.15) is 4.98 Å². The fourth-order valence-electron chi connectivity index (χ4n) is 3.13. The molecule has 0 saturated heterocycles. The smallest absolute Gasteiger partial charge is 0.317 e. The van der Waals surface area contributed by atoms with Crippen LogP contribution in [0.2, 0.25) is 0 Å². The molecule has 24 heavy (non-hydrogen) atoms. The van der Waals surface area contributed by atoms with Gasteiger partial charge in [0.2, 0.25) is 5.91 Å². The van der Waals surface area contributed by atoms with Crippen LogP contribution in [0.25, 0.3) is 10.9 Å². The number of carbonyl (C=O) groups excluding carboxylic acids is 1. The molecular weight excluding hydrogens is 306 g/mol. The molecule has 1 amide bonds. The van der Waals surface area contributed by atoms with E-state index in [9.17, 15) is 4.79 Å². The second-order valence-corrected chi connectivity index (χ2v) is 6.26. The molecule has 1 aromatic heterocycles. The number of aromatic nitrogens is 2. The minimum atomic E-state index is 0.102. The van der Waals surface area contributed by atoms with Gasteiger partial charge in [-0.05, 0) is 37.8 Å². The van der Waals surface area contributed by atoms with Crippen LogP contribution in [-0.4, -0.2) is 47.1 Å². The first-order valence-corrected chi connectivity index (χ1v) is 8.27. The number of amides is 1. The van der Waals surface area contributed by atoms with Gasteiger partial charge in [-0.3, -0.25) is 4.79 Å². The molecule has 1 aliphatic carbocycles. The number of ether oxygens (including phenoxy) is 2. The van der Waals surface area contributed by atoms with Crippen LogP contribution in [0.1, 0.15) is 32.6 Å². The van der Waals surface area contributed by atoms with Crippen LogP contribution in [0.3, 0.4) is 0 Å². The summed E-state index contributed by atoms with van der Waals surface area (Å²) in [7, 11) is 3.50. The van der Waals surface area contributed by atoms with Gasteiger partial charge in [0.25, 0.3) is 0 Å². The van der Waals surface area contributed by atoms with E-state index in [1.807, 2.05) is 30.1 Å². The van der Waals surface area contributed by atoms with Gasteiger partial charge in [-0.25, -0.2) is 4.98 Å². The Morgan fingerprint density at radius 3 is 2.67 bits per heavy atom. The summed E-state index contributed by atoms with van der Waals surface area (Å²) in [6, 6.07) is 6.41. The zero-order valence-electron chi connectivity index (χ0n) is 14.4. The zero-order chi connectivity index (χ0) is 17.1. The summed E-state index contributed by atoms with van der Waals surface area (Å²) in [5.74, 6) is 0.881. The van der Waals surface area contributed by atoms with Gasteiger partial charge in [-0.15, -0.1) is 0 Å². The Labute approximate surface area is 141 Å². The van der Waals surface area contributed by atoms with Crippen molar-refractivity contribution >= 4 is 16.8 Å². The third-order valence-electron chi connectivity index (χ3n) is 4.73. The molecule has 0 atom stereocenters. The minimum Gasteiger partial charge on any atom is -0.497 e. The minimum absolute atomic E-state index is 0.102. The summed E-state index contributed by atoms with van der Waals surface area (Å²) in [5, 5.41) is 0.954. The lowest BCUT2D eigenvalue weighted by Crippen LogP contribution is -2.40. The molecule has 3 rings (SSSR count). The van der Waals surface area contributed by atoms with E-state index in [4.69, 9.17) is 9.47 Å². The molecule has 6 nitrogen and oxygen atoms in total. The maximum atomic E-state index is 11.5. The Hall–Kier alpha value is -2.37. The van der Waals surface area contributed by atoms with Crippen LogP contribution in [0.5, 0.6) is 11.8 Å². The fourth-order valence-corrected chi connectivity index (χ4v) is 3.13. The van der Waals surface area contributed by atoms with Crippen LogP contribution in [0, 0.1) is 0 Å². The van der Waals surface area contributed by atoms with E-state index >= 15 is 0 Å². The van der Waals surface area contributed by atoms with E-state index in [2.05, 4.69) is 9.97 Å². The lowest BCUT2D eigenvalue weighted by Gasteiger charge is -2.33. The quantitative estimate of drug-likeness (QED) is 0.863. The van der Waals surface area contributed by atoms with Crippen molar-refractivity contribution in [2.24, 2.45) is 0 Å². The first kappa shape index (κ1) is 16.5. The van der Waals surface area contributed by atoms with Gasteiger partial charge in [0.1, 0.15) is 11.9 Å². The number of nitrogens with zero attached hydrogens (tertiary/aromatic N) is 3. The summed E-state index contributed by atoms with van der Waals surface area (Å²) in [4.78, 5) is 22.1. The molecule has 0 spiro atoms. The van der Waals surface area contributed by atoms with E-state index in [1.54, 1.807) is 20.2 Å². The Morgan fingerprint density at radius 2 is 2.00 bits per heavy atom. The third-order valence-corrected chi connectivity index (χ3v) is 4.73. The van der Waals surface area contributed by atoms with Crippen molar-refractivity contribution in [3.05, 3.63) is 24.4 Å². The van der Waals surface area contributed by atoms with Gasteiger partial charge < -0.3 is 14.4 Å². The van der Waals surface area contributed by atoms with Crippen molar-refractivity contribution in [3.63, 3.8) is 0 Å². The summed E-state index contributed by atoms with van der Waals surface area (Å²) >= 11 is 0. The molecule has 128 valence electrons. The van der Waals surface area contributed by atoms with E-state index in [0.717, 1.165) is 42.3 Å². The van der Waals surface area contributed by atoms with E-state index in [-0.39, 0.29) is 12.0 Å². The van der Waals surface area contributed by atoms with Crippen LogP contribution in [0.4, 0.5) is 0 Å². The molecule has 1 heterocycles. The first-order chi connectivity index (χ1) is 11.6. The molecule has 0 radical (unpaired) electrons. The largest absolute Gasteiger partial charge is 0.497 e. The Kier molecular flexibility index (Phi) is 4.83. The second-order valence-electron chi connectivity index (χ2n) is 6.26. The molecule has 2 aromatic rings. The van der Waals surface area contributed by atoms with Crippen LogP contribution in [-0.2, 0) is 4.79 Å². The molecule has 6 heteroatoms. The van der Waals surface area contributed by atoms with E-state index in [1.165, 1.54) is 0 Å². The predicted molar refractivity (Wildman–Crippen MR) is 91.2 cm³/mol. The SMILES string of the molecule is COc1ccc2cnc(OC3CCC(N(C)C(C)=O)CC3)nc2c1. The van der Waals surface area contributed by atoms with Crippen molar-refractivity contribution < 1.29 is 14.3 Å². The topological polar surface area (TPSA) is 64.6 Å². The van der Waals surface area contributed by atoms with Gasteiger partial charge in [0.05, 0.1) is 12.6 Å². The Balaban J connectivity index is 1.64. The highest BCUT2D eigenvalue weighted by Gasteiger charge is 2.26. The van der Waals surface area contributed by atoms with Gasteiger partial charge in [0.15, 0.2) is 0 Å². The van der Waals surface area contributed by atoms with E-state index < -0.39 is 0 Å². The van der Waals surface area contributed by atoms with Crippen molar-refractivity contribution in [2.45, 2.75) is 44.8 Å². The fraction of sp³-hybridized carbons (Fsp3) is 0.500. The average Bonchev–Trinajstić information content (AvgIpc) is 2.61. The molecule has 0 unspecified atom stereocenters. The van der Waals surface area contributed by atoms with E-state index in [0.29, 0.717) is 12.1 Å². The van der Waals surface area contributed by atoms with Crippen molar-refractivity contribution in [1.29, 1.82) is 0 Å². The molecule has 0 aliphatic heterocycles. The predicted octanol–water partition coefficient (Wildman–Crippen LogP) is 2.81. The number of carbonyl (C=O) groups is 1. The molecule has 1 fully saturated rings. The third kappa shape index (κ3) is 3.58. The maximum Gasteiger partial charge on any atom is 0.317 e. The van der Waals surface area contributed by atoms with Gasteiger partial charge in [0, 0.05) is 37.7 Å². The monoisotopic (exact) mass is 329 g/mol. The van der Waals surface area contributed by atoms with Crippen LogP contribution >= 0.6 is 0 Å². The lowest BCUT2D eigenvalue weighted by molar-refractivity contribution is -0.130. The molecular formula is C18H23N3O3. The maximum absolute atomic E-state index is 11.5. The van der Waals surface area contributed by atoms with Crippen molar-refractivity contribution in [3.8, 4) is 11.8 Å². The molecule has 0 bridgehead atoms. The Bertz CT molecular complexity index is 727. The second kappa shape index (κ2) is 7.03. The normalized spacial score (nSPS) is 20.6. The summed E-state index contributed by atoms with van der Waals surface area (Å²) in [6.45, 7) is 1.61. The molecule has 1 aromatic carbocycles. The van der Waals surface area contributed by atoms with Crippen molar-refractivity contribution in [2.75, 3.05) is 14.2 Å². The summed E-state index contributed by atoms with van der Waals surface area (Å²) in [5.41, 5.74) is 0.810. The highest BCUT2D eigenvalue weighted by molar-refractivity contribution is 5.79. The highest BCUT2D eigenvalue weighted by Crippen LogP contribution is 2.26. The summed E-state index contributed by atoms with van der Waals surface area (Å²) < 4.78 is 11.2. The zero-order valence-corrected chi connectivity index (χ0v) is 14.4. The first-order valence-electron chi connectivity index (χ1n) is 8.27. The molecule has 1 saturated carbocycles. The average molecular weight is 329 g/mol. The van der Waals surface area contributed by atoms with Crippen LogP contribution < -0.4 is 9.47 Å². The number of hydrogen-bond donors (Lipinski definition) is 0. The highest BCUT2D eigenvalue weighted by atomic mass is 16.5. The molecule has 0 N–H and O–H groups in total. The van der Waals surface area contributed by atoms with Gasteiger partial charge >= 0.3 is 6.01 Å². The number of rotatable bonds is 4. The number of hydrogen-bond acceptors (Lipinski definition) is 5. The van der Waals surface area contributed by atoms with Crippen molar-refractivity contribution in [1.82, 2.24) is 14.9 Å². The summed E-state index contributed by atoms with van der Waals surface area (Å²) in [6.07, 6.45) is 5.57. The van der Waals surface area contributed by atoms with Crippen LogP contribution in [0.15, 0.2) is 24.4 Å². The lowest BCUT2D eigenvalue weighted by atomic mass is 9.92. The number of fused-ring (bicyclic) bond motifs is 1. The number of methoxy groups -OCH3 is 1. The molecule has 1 aliphatic rings. The standard InChI is InChI=1S/C18H23N3O3/c1-12(22)21(2)14-5-8-15(9-6-14)24-18-19-11-13-4-7-16(23-3)10-17(13)20-18/h4,7,10-11,14-15H,5-6,8-9H2,1-3H3. The number of benzene rings is 1. The van der Waals surface area contributed by atoms with Gasteiger partial charge in [-0.1, -0.05) is 0 Å². The Morgan fingerprint density at radius 1 is 1.25 bits per heavy atom.